The van der Waals surface area contributed by atoms with Gasteiger partial charge in [0.2, 0.25) is 0 Å². The maximum Gasteiger partial charge on any atom is 0.380 e. The van der Waals surface area contributed by atoms with E-state index < -0.39 is 28.9 Å². The van der Waals surface area contributed by atoms with Crippen molar-refractivity contribution >= 4 is 33.8 Å². The van der Waals surface area contributed by atoms with Gasteiger partial charge in [-0.1, -0.05) is 60.7 Å². The average molecular weight is 705 g/mol. The summed E-state index contributed by atoms with van der Waals surface area (Å²) in [4.78, 5) is 1.19. The van der Waals surface area contributed by atoms with Crippen LogP contribution in [0.3, 0.4) is 0 Å². The van der Waals surface area contributed by atoms with Crippen molar-refractivity contribution in [1.29, 1.82) is 0 Å². The summed E-state index contributed by atoms with van der Waals surface area (Å²) in [6, 6.07) is 32.9. The van der Waals surface area contributed by atoms with Gasteiger partial charge >= 0.3 is 17.8 Å². The molecule has 0 atom stereocenters. The Labute approximate surface area is 286 Å². The zero-order valence-corrected chi connectivity index (χ0v) is 27.6. The molecule has 4 aromatic carbocycles. The Morgan fingerprint density at radius 2 is 0.796 bits per heavy atom. The van der Waals surface area contributed by atoms with Crippen LogP contribution in [0.5, 0.6) is 11.5 Å². The molecule has 2 nitrogen and oxygen atoms in total. The Morgan fingerprint density at radius 3 is 1.12 bits per heavy atom. The molecule has 0 unspecified atom stereocenters. The summed E-state index contributed by atoms with van der Waals surface area (Å²) >= 11 is 2.12. The van der Waals surface area contributed by atoms with E-state index in [0.29, 0.717) is 43.5 Å². The van der Waals surface area contributed by atoms with Crippen LogP contribution in [0.2, 0.25) is 0 Å². The number of benzene rings is 4. The Kier molecular flexibility index (Phi) is 8.19. The first-order valence-electron chi connectivity index (χ1n) is 15.0. The van der Waals surface area contributed by atoms with Gasteiger partial charge in [0.15, 0.2) is 0 Å². The molecule has 0 N–H and O–H groups in total. The van der Waals surface area contributed by atoms with Gasteiger partial charge in [0, 0.05) is 41.8 Å². The van der Waals surface area contributed by atoms with Crippen molar-refractivity contribution in [3.8, 4) is 53.3 Å². The lowest BCUT2D eigenvalue weighted by molar-refractivity contribution is -0.254. The largest absolute Gasteiger partial charge is 0.497 e. The van der Waals surface area contributed by atoms with Gasteiger partial charge in [0.1, 0.15) is 11.5 Å². The molecule has 2 heterocycles. The number of alkyl halides is 6. The van der Waals surface area contributed by atoms with E-state index in [4.69, 9.17) is 9.47 Å². The molecule has 0 bridgehead atoms. The Balaban J connectivity index is 1.57. The lowest BCUT2D eigenvalue weighted by Gasteiger charge is -2.26. The van der Waals surface area contributed by atoms with Gasteiger partial charge in [-0.25, -0.2) is 0 Å². The Morgan fingerprint density at radius 1 is 0.449 bits per heavy atom. The molecule has 0 amide bonds. The minimum atomic E-state index is -5.73. The van der Waals surface area contributed by atoms with Crippen molar-refractivity contribution in [2.24, 2.45) is 0 Å². The predicted octanol–water partition coefficient (Wildman–Crippen LogP) is 12.3. The molecule has 0 saturated carbocycles. The van der Waals surface area contributed by atoms with Gasteiger partial charge < -0.3 is 9.47 Å². The fourth-order valence-electron chi connectivity index (χ4n) is 5.99. The lowest BCUT2D eigenvalue weighted by Crippen LogP contribution is -2.48. The standard InChI is InChI=1S/C39H26F6O2S2/c1-46-27-17-13-25(14-18-27)35-29(21-31(48-35)23-9-5-3-6-10-23)33-34(38(42,43)39(44,45)37(33,40)41)30-22-32(24-11-7-4-8-12-24)49-36(30)26-15-19-28(47-2)20-16-26/h3-22H,1-2H3. The molecule has 2 aromatic heterocycles. The summed E-state index contributed by atoms with van der Waals surface area (Å²) in [5.74, 6) is -15.3. The molecule has 1 aliphatic rings. The molecule has 0 radical (unpaired) electrons. The molecule has 7 rings (SSSR count). The first-order valence-corrected chi connectivity index (χ1v) is 16.7. The number of hydrogen-bond donors (Lipinski definition) is 0. The molecule has 6 aromatic rings. The number of thiophene rings is 2. The normalized spacial score (nSPS) is 16.2. The number of ether oxygens (including phenoxy) is 2. The van der Waals surface area contributed by atoms with Crippen LogP contribution < -0.4 is 9.47 Å². The summed E-state index contributed by atoms with van der Waals surface area (Å²) in [6.07, 6.45) is 0. The van der Waals surface area contributed by atoms with Crippen molar-refractivity contribution in [2.45, 2.75) is 17.8 Å². The highest BCUT2D eigenvalue weighted by molar-refractivity contribution is 7.19. The number of allylic oxidation sites excluding steroid dienone is 2. The molecule has 10 heteroatoms. The van der Waals surface area contributed by atoms with Gasteiger partial charge in [0.05, 0.1) is 14.2 Å². The van der Waals surface area contributed by atoms with Gasteiger partial charge in [-0.2, -0.15) is 26.3 Å². The van der Waals surface area contributed by atoms with E-state index in [1.54, 1.807) is 109 Å². The molecular formula is C39H26F6O2S2. The quantitative estimate of drug-likeness (QED) is 0.147. The average Bonchev–Trinajstić information content (AvgIpc) is 3.78. The van der Waals surface area contributed by atoms with Crippen LogP contribution >= 0.6 is 22.7 Å². The lowest BCUT2D eigenvalue weighted by atomic mass is 9.92. The molecule has 248 valence electrons. The van der Waals surface area contributed by atoms with E-state index in [-0.39, 0.29) is 20.9 Å². The molecule has 0 aliphatic heterocycles. The maximum absolute atomic E-state index is 16.4. The SMILES string of the molecule is COc1ccc(-c2sc(-c3ccccc3)cc2C2=C(c3cc(-c4ccccc4)sc3-c3ccc(OC)cc3)C(F)(F)C(F)(F)C2(F)F)cc1. The number of halogens is 6. The van der Waals surface area contributed by atoms with Gasteiger partial charge in [-0.15, -0.1) is 22.7 Å². The fourth-order valence-corrected chi connectivity index (χ4v) is 8.34. The topological polar surface area (TPSA) is 18.5 Å². The fraction of sp³-hybridized carbons (Fsp3) is 0.128. The minimum Gasteiger partial charge on any atom is -0.497 e. The number of hydrogen-bond acceptors (Lipinski definition) is 4. The molecular weight excluding hydrogens is 679 g/mol. The summed E-state index contributed by atoms with van der Waals surface area (Å²) < 4.78 is 107. The smallest absolute Gasteiger partial charge is 0.380 e. The molecule has 0 spiro atoms. The maximum atomic E-state index is 16.4. The van der Waals surface area contributed by atoms with E-state index in [0.717, 1.165) is 22.7 Å². The second kappa shape index (κ2) is 12.3. The van der Waals surface area contributed by atoms with Crippen LogP contribution in [0.25, 0.3) is 52.9 Å². The minimum absolute atomic E-state index is 0.145. The van der Waals surface area contributed by atoms with Crippen LogP contribution in [0.15, 0.2) is 121 Å². The van der Waals surface area contributed by atoms with Crippen LogP contribution in [-0.4, -0.2) is 32.0 Å². The van der Waals surface area contributed by atoms with Crippen molar-refractivity contribution in [1.82, 2.24) is 0 Å². The van der Waals surface area contributed by atoms with Crippen molar-refractivity contribution in [3.05, 3.63) is 132 Å². The monoisotopic (exact) mass is 704 g/mol. The van der Waals surface area contributed by atoms with Crippen molar-refractivity contribution in [2.75, 3.05) is 14.2 Å². The highest BCUT2D eigenvalue weighted by Gasteiger charge is 2.80. The van der Waals surface area contributed by atoms with E-state index in [9.17, 15) is 0 Å². The zero-order valence-electron chi connectivity index (χ0n) is 25.9. The van der Waals surface area contributed by atoms with E-state index >= 15 is 26.3 Å². The third-order valence-corrected chi connectivity index (χ3v) is 11.0. The third-order valence-electron chi connectivity index (χ3n) is 8.49. The van der Waals surface area contributed by atoms with Crippen LogP contribution in [0.4, 0.5) is 26.3 Å². The first kappa shape index (κ1) is 32.7. The van der Waals surface area contributed by atoms with Gasteiger partial charge in [0.25, 0.3) is 0 Å². The summed E-state index contributed by atoms with van der Waals surface area (Å²) in [5, 5.41) is 0. The first-order chi connectivity index (χ1) is 23.5. The number of methoxy groups -OCH3 is 2. The summed E-state index contributed by atoms with van der Waals surface area (Å²) in [5.41, 5.74) is -1.58. The predicted molar refractivity (Wildman–Crippen MR) is 185 cm³/mol. The van der Waals surface area contributed by atoms with Crippen LogP contribution in [0.1, 0.15) is 11.1 Å². The molecule has 1 aliphatic carbocycles. The summed E-state index contributed by atoms with van der Waals surface area (Å²) in [7, 11) is 2.93. The Hall–Kier alpha value is -4.80. The van der Waals surface area contributed by atoms with E-state index in [1.807, 2.05) is 0 Å². The van der Waals surface area contributed by atoms with E-state index in [2.05, 4.69) is 0 Å². The number of rotatable bonds is 8. The van der Waals surface area contributed by atoms with Crippen molar-refractivity contribution in [3.63, 3.8) is 0 Å². The molecule has 49 heavy (non-hydrogen) atoms. The van der Waals surface area contributed by atoms with Gasteiger partial charge in [-0.3, -0.25) is 0 Å². The molecule has 0 fully saturated rings. The highest BCUT2D eigenvalue weighted by Crippen LogP contribution is 2.67. The highest BCUT2D eigenvalue weighted by atomic mass is 32.1. The zero-order chi connectivity index (χ0) is 34.6. The second-order valence-corrected chi connectivity index (χ2v) is 13.5. The Bertz CT molecular complexity index is 2000. The van der Waals surface area contributed by atoms with Crippen molar-refractivity contribution < 1.29 is 35.8 Å². The molecule has 0 saturated heterocycles. The summed E-state index contributed by atoms with van der Waals surface area (Å²) in [6.45, 7) is 0. The third kappa shape index (κ3) is 5.34. The van der Waals surface area contributed by atoms with Crippen LogP contribution in [-0.2, 0) is 0 Å². The van der Waals surface area contributed by atoms with E-state index in [1.165, 1.54) is 26.4 Å². The van der Waals surface area contributed by atoms with Gasteiger partial charge in [-0.05, 0) is 82.9 Å². The van der Waals surface area contributed by atoms with Crippen LogP contribution in [0, 0.1) is 0 Å². The second-order valence-electron chi connectivity index (χ2n) is 11.4.